The molecular weight excluding hydrogens is 223 g/mol. The second-order valence-electron chi connectivity index (χ2n) is 2.95. The first-order chi connectivity index (χ1) is 6.61. The highest BCUT2D eigenvalue weighted by Gasteiger charge is 2.05. The maximum atomic E-state index is 10.3. The van der Waals surface area contributed by atoms with E-state index < -0.39 is 5.97 Å². The van der Waals surface area contributed by atoms with E-state index >= 15 is 0 Å². The summed E-state index contributed by atoms with van der Waals surface area (Å²) in [5.41, 5.74) is 0.831. The van der Waals surface area contributed by atoms with E-state index in [9.17, 15) is 4.79 Å². The zero-order valence-corrected chi connectivity index (χ0v) is 8.98. The molecule has 0 saturated carbocycles. The number of hydrogen-bond acceptors (Lipinski definition) is 1. The van der Waals surface area contributed by atoms with Crippen LogP contribution in [-0.4, -0.2) is 11.1 Å². The van der Waals surface area contributed by atoms with E-state index in [1.54, 1.807) is 18.2 Å². The number of aliphatic carboxylic acids is 1. The molecule has 4 heteroatoms. The largest absolute Gasteiger partial charge is 0.481 e. The summed E-state index contributed by atoms with van der Waals surface area (Å²) in [6, 6.07) is 5.28. The van der Waals surface area contributed by atoms with Gasteiger partial charge in [-0.25, -0.2) is 0 Å². The van der Waals surface area contributed by atoms with Gasteiger partial charge in [0.05, 0.1) is 0 Å². The zero-order valence-electron chi connectivity index (χ0n) is 7.46. The summed E-state index contributed by atoms with van der Waals surface area (Å²) in [5, 5.41) is 9.66. The molecule has 0 bridgehead atoms. The van der Waals surface area contributed by atoms with Gasteiger partial charge in [-0.05, 0) is 30.5 Å². The second kappa shape index (κ2) is 5.23. The molecule has 0 aliphatic heterocycles. The van der Waals surface area contributed by atoms with E-state index in [0.717, 1.165) is 5.56 Å². The molecule has 1 rings (SSSR count). The SMILES string of the molecule is O=C(O)CCCc1c(Cl)cccc1Cl. The average molecular weight is 233 g/mol. The number of carboxylic acid groups (broad SMARTS) is 1. The Morgan fingerprint density at radius 2 is 1.86 bits per heavy atom. The number of carboxylic acids is 1. The van der Waals surface area contributed by atoms with E-state index in [-0.39, 0.29) is 6.42 Å². The molecule has 2 nitrogen and oxygen atoms in total. The topological polar surface area (TPSA) is 37.3 Å². The van der Waals surface area contributed by atoms with Crippen molar-refractivity contribution >= 4 is 29.2 Å². The Hall–Kier alpha value is -0.730. The predicted molar refractivity (Wildman–Crippen MR) is 57.0 cm³/mol. The molecule has 0 heterocycles. The molecule has 0 fully saturated rings. The molecule has 76 valence electrons. The van der Waals surface area contributed by atoms with Gasteiger partial charge >= 0.3 is 5.97 Å². The van der Waals surface area contributed by atoms with Gasteiger partial charge in [-0.2, -0.15) is 0 Å². The van der Waals surface area contributed by atoms with Crippen molar-refractivity contribution < 1.29 is 9.90 Å². The third-order valence-corrected chi connectivity index (χ3v) is 2.59. The number of hydrogen-bond donors (Lipinski definition) is 1. The first-order valence-electron chi connectivity index (χ1n) is 4.26. The molecule has 0 spiro atoms. The van der Waals surface area contributed by atoms with Gasteiger partial charge in [0.25, 0.3) is 0 Å². The van der Waals surface area contributed by atoms with Crippen molar-refractivity contribution in [2.24, 2.45) is 0 Å². The summed E-state index contributed by atoms with van der Waals surface area (Å²) in [6.07, 6.45) is 1.30. The van der Waals surface area contributed by atoms with Crippen molar-refractivity contribution in [1.82, 2.24) is 0 Å². The van der Waals surface area contributed by atoms with Crippen molar-refractivity contribution in [2.45, 2.75) is 19.3 Å². The van der Waals surface area contributed by atoms with E-state index in [0.29, 0.717) is 22.9 Å². The Morgan fingerprint density at radius 1 is 1.29 bits per heavy atom. The standard InChI is InChI=1S/C10H10Cl2O2/c11-8-4-2-5-9(12)7(8)3-1-6-10(13)14/h2,4-5H,1,3,6H2,(H,13,14). The fourth-order valence-corrected chi connectivity index (χ4v) is 1.77. The molecule has 0 radical (unpaired) electrons. The van der Waals surface area contributed by atoms with Gasteiger partial charge in [0.2, 0.25) is 0 Å². The van der Waals surface area contributed by atoms with Gasteiger partial charge < -0.3 is 5.11 Å². The van der Waals surface area contributed by atoms with Crippen molar-refractivity contribution in [2.75, 3.05) is 0 Å². The summed E-state index contributed by atoms with van der Waals surface area (Å²) in [7, 11) is 0. The number of halogens is 2. The van der Waals surface area contributed by atoms with Crippen LogP contribution in [0.1, 0.15) is 18.4 Å². The van der Waals surface area contributed by atoms with Crippen LogP contribution in [0, 0.1) is 0 Å². The summed E-state index contributed by atoms with van der Waals surface area (Å²) >= 11 is 11.8. The predicted octanol–water partition coefficient (Wildman–Crippen LogP) is 3.40. The maximum Gasteiger partial charge on any atom is 0.303 e. The van der Waals surface area contributed by atoms with Crippen LogP contribution < -0.4 is 0 Å². The van der Waals surface area contributed by atoms with E-state index in [2.05, 4.69) is 0 Å². The molecule has 0 aliphatic rings. The number of carbonyl (C=O) groups is 1. The molecular formula is C10H10Cl2O2. The van der Waals surface area contributed by atoms with Crippen LogP contribution in [0.25, 0.3) is 0 Å². The Labute approximate surface area is 92.5 Å². The molecule has 0 aliphatic carbocycles. The summed E-state index contributed by atoms with van der Waals surface area (Å²) < 4.78 is 0. The third-order valence-electron chi connectivity index (χ3n) is 1.88. The molecule has 0 atom stereocenters. The minimum atomic E-state index is -0.798. The summed E-state index contributed by atoms with van der Waals surface area (Å²) in [5.74, 6) is -0.798. The van der Waals surface area contributed by atoms with Crippen LogP contribution >= 0.6 is 23.2 Å². The Morgan fingerprint density at radius 3 is 2.36 bits per heavy atom. The lowest BCUT2D eigenvalue weighted by Gasteiger charge is -2.04. The lowest BCUT2D eigenvalue weighted by atomic mass is 10.1. The highest BCUT2D eigenvalue weighted by molar-refractivity contribution is 6.35. The minimum absolute atomic E-state index is 0.140. The van der Waals surface area contributed by atoms with Crippen molar-refractivity contribution in [3.63, 3.8) is 0 Å². The molecule has 0 amide bonds. The first kappa shape index (κ1) is 11.3. The van der Waals surface area contributed by atoms with Crippen LogP contribution in [0.4, 0.5) is 0 Å². The Balaban J connectivity index is 2.62. The lowest BCUT2D eigenvalue weighted by molar-refractivity contribution is -0.137. The summed E-state index contributed by atoms with van der Waals surface area (Å²) in [6.45, 7) is 0. The maximum absolute atomic E-state index is 10.3. The average Bonchev–Trinajstić information content (AvgIpc) is 2.09. The van der Waals surface area contributed by atoms with E-state index in [4.69, 9.17) is 28.3 Å². The van der Waals surface area contributed by atoms with Crippen LogP contribution in [0.2, 0.25) is 10.0 Å². The first-order valence-corrected chi connectivity index (χ1v) is 5.01. The van der Waals surface area contributed by atoms with Gasteiger partial charge in [-0.1, -0.05) is 29.3 Å². The molecule has 1 aromatic carbocycles. The third kappa shape index (κ3) is 3.20. The molecule has 1 N–H and O–H groups in total. The molecule has 14 heavy (non-hydrogen) atoms. The zero-order chi connectivity index (χ0) is 10.6. The molecule has 0 saturated heterocycles. The van der Waals surface area contributed by atoms with Gasteiger partial charge in [-0.3, -0.25) is 4.79 Å². The van der Waals surface area contributed by atoms with Crippen LogP contribution in [0.3, 0.4) is 0 Å². The van der Waals surface area contributed by atoms with Gasteiger partial charge in [-0.15, -0.1) is 0 Å². The van der Waals surface area contributed by atoms with Gasteiger partial charge in [0, 0.05) is 16.5 Å². The minimum Gasteiger partial charge on any atom is -0.481 e. The fourth-order valence-electron chi connectivity index (χ4n) is 1.19. The van der Waals surface area contributed by atoms with Crippen molar-refractivity contribution in [1.29, 1.82) is 0 Å². The van der Waals surface area contributed by atoms with Crippen molar-refractivity contribution in [3.05, 3.63) is 33.8 Å². The Bertz CT molecular complexity index is 317. The highest BCUT2D eigenvalue weighted by atomic mass is 35.5. The fraction of sp³-hybridized carbons (Fsp3) is 0.300. The van der Waals surface area contributed by atoms with Crippen molar-refractivity contribution in [3.8, 4) is 0 Å². The second-order valence-corrected chi connectivity index (χ2v) is 3.76. The normalized spacial score (nSPS) is 10.1. The molecule has 0 unspecified atom stereocenters. The van der Waals surface area contributed by atoms with E-state index in [1.807, 2.05) is 0 Å². The van der Waals surface area contributed by atoms with Crippen LogP contribution in [-0.2, 0) is 11.2 Å². The van der Waals surface area contributed by atoms with Crippen LogP contribution in [0.5, 0.6) is 0 Å². The van der Waals surface area contributed by atoms with E-state index in [1.165, 1.54) is 0 Å². The monoisotopic (exact) mass is 232 g/mol. The van der Waals surface area contributed by atoms with Gasteiger partial charge in [0.1, 0.15) is 0 Å². The lowest BCUT2D eigenvalue weighted by Crippen LogP contribution is -1.96. The van der Waals surface area contributed by atoms with Gasteiger partial charge in [0.15, 0.2) is 0 Å². The molecule has 1 aromatic rings. The summed E-state index contributed by atoms with van der Waals surface area (Å²) in [4.78, 5) is 10.3. The quantitative estimate of drug-likeness (QED) is 0.865. The highest BCUT2D eigenvalue weighted by Crippen LogP contribution is 2.25. The molecule has 0 aromatic heterocycles. The smallest absolute Gasteiger partial charge is 0.303 e. The Kier molecular flexibility index (Phi) is 4.23. The van der Waals surface area contributed by atoms with Crippen LogP contribution in [0.15, 0.2) is 18.2 Å². The number of rotatable bonds is 4. The number of benzene rings is 1.